The summed E-state index contributed by atoms with van der Waals surface area (Å²) in [6.45, 7) is 6.75. The zero-order valence-corrected chi connectivity index (χ0v) is 10.3. The summed E-state index contributed by atoms with van der Waals surface area (Å²) in [5, 5.41) is 0. The van der Waals surface area contributed by atoms with E-state index in [1.54, 1.807) is 0 Å². The first-order chi connectivity index (χ1) is 7.68. The van der Waals surface area contributed by atoms with Crippen LogP contribution in [0.3, 0.4) is 0 Å². The summed E-state index contributed by atoms with van der Waals surface area (Å²) >= 11 is 0. The molecule has 2 nitrogen and oxygen atoms in total. The molecule has 1 aliphatic rings. The summed E-state index contributed by atoms with van der Waals surface area (Å²) in [5.41, 5.74) is 7.38. The lowest BCUT2D eigenvalue weighted by atomic mass is 10.0. The van der Waals surface area contributed by atoms with Crippen molar-refractivity contribution in [3.63, 3.8) is 0 Å². The first-order valence-corrected chi connectivity index (χ1v) is 6.23. The fourth-order valence-electron chi connectivity index (χ4n) is 2.54. The zero-order valence-electron chi connectivity index (χ0n) is 10.3. The van der Waals surface area contributed by atoms with E-state index in [2.05, 4.69) is 49.1 Å². The Morgan fingerprint density at radius 1 is 1.25 bits per heavy atom. The third-order valence-electron chi connectivity index (χ3n) is 3.83. The topological polar surface area (TPSA) is 29.3 Å². The van der Waals surface area contributed by atoms with E-state index in [1.165, 1.54) is 18.5 Å². The molecule has 0 aliphatic carbocycles. The molecule has 0 spiro atoms. The highest BCUT2D eigenvalue weighted by Crippen LogP contribution is 2.28. The van der Waals surface area contributed by atoms with Crippen LogP contribution in [0, 0.1) is 5.92 Å². The molecule has 88 valence electrons. The zero-order chi connectivity index (χ0) is 11.5. The number of benzene rings is 1. The number of likely N-dealkylation sites (tertiary alicyclic amines) is 1. The number of nitrogens with zero attached hydrogens (tertiary/aromatic N) is 1. The lowest BCUT2D eigenvalue weighted by Crippen LogP contribution is -2.30. The van der Waals surface area contributed by atoms with E-state index < -0.39 is 0 Å². The van der Waals surface area contributed by atoms with E-state index in [0.717, 1.165) is 6.54 Å². The fraction of sp³-hybridized carbons (Fsp3) is 0.571. The van der Waals surface area contributed by atoms with E-state index >= 15 is 0 Å². The van der Waals surface area contributed by atoms with Crippen LogP contribution in [0.1, 0.15) is 31.9 Å². The van der Waals surface area contributed by atoms with E-state index in [0.29, 0.717) is 18.0 Å². The maximum atomic E-state index is 5.97. The van der Waals surface area contributed by atoms with Crippen molar-refractivity contribution < 1.29 is 0 Å². The average molecular weight is 218 g/mol. The summed E-state index contributed by atoms with van der Waals surface area (Å²) in [4.78, 5) is 2.54. The third kappa shape index (κ3) is 2.45. The van der Waals surface area contributed by atoms with Gasteiger partial charge in [0, 0.05) is 18.6 Å². The van der Waals surface area contributed by atoms with Crippen LogP contribution in [-0.2, 0) is 0 Å². The first kappa shape index (κ1) is 11.6. The predicted octanol–water partition coefficient (Wildman–Crippen LogP) is 2.42. The smallest absolute Gasteiger partial charge is 0.0320 e. The van der Waals surface area contributed by atoms with Crippen LogP contribution in [0.4, 0.5) is 0 Å². The van der Waals surface area contributed by atoms with Crippen molar-refractivity contribution in [1.29, 1.82) is 0 Å². The molecular weight excluding hydrogens is 196 g/mol. The van der Waals surface area contributed by atoms with Crippen LogP contribution < -0.4 is 5.73 Å². The molecule has 0 aromatic heterocycles. The predicted molar refractivity (Wildman–Crippen MR) is 68.2 cm³/mol. The molecule has 1 unspecified atom stereocenters. The lowest BCUT2D eigenvalue weighted by molar-refractivity contribution is 0.248. The first-order valence-electron chi connectivity index (χ1n) is 6.23. The van der Waals surface area contributed by atoms with Gasteiger partial charge in [0.05, 0.1) is 0 Å². The van der Waals surface area contributed by atoms with Crippen molar-refractivity contribution in [2.75, 3.05) is 13.1 Å². The van der Waals surface area contributed by atoms with Crippen molar-refractivity contribution in [1.82, 2.24) is 4.90 Å². The molecular formula is C14H22N2. The van der Waals surface area contributed by atoms with Crippen molar-refractivity contribution in [2.24, 2.45) is 11.7 Å². The van der Waals surface area contributed by atoms with Crippen molar-refractivity contribution in [3.05, 3.63) is 35.9 Å². The molecule has 16 heavy (non-hydrogen) atoms. The number of hydrogen-bond acceptors (Lipinski definition) is 2. The molecule has 0 saturated carbocycles. The average Bonchev–Trinajstić information content (AvgIpc) is 2.78. The van der Waals surface area contributed by atoms with Crippen LogP contribution in [0.25, 0.3) is 0 Å². The minimum atomic E-state index is 0.327. The second-order valence-electron chi connectivity index (χ2n) is 4.99. The van der Waals surface area contributed by atoms with E-state index in [1.807, 2.05) is 0 Å². The maximum Gasteiger partial charge on any atom is 0.0320 e. The summed E-state index contributed by atoms with van der Waals surface area (Å²) in [6.07, 6.45) is 1.24. The van der Waals surface area contributed by atoms with Gasteiger partial charge in [-0.25, -0.2) is 0 Å². The van der Waals surface area contributed by atoms with Gasteiger partial charge < -0.3 is 5.73 Å². The Morgan fingerprint density at radius 3 is 2.50 bits per heavy atom. The van der Waals surface area contributed by atoms with E-state index in [9.17, 15) is 0 Å². The van der Waals surface area contributed by atoms with Crippen LogP contribution in [0.15, 0.2) is 30.3 Å². The number of hydrogen-bond donors (Lipinski definition) is 1. The molecule has 1 aromatic carbocycles. The highest BCUT2D eigenvalue weighted by Gasteiger charge is 2.28. The lowest BCUT2D eigenvalue weighted by Gasteiger charge is -2.25. The van der Waals surface area contributed by atoms with Crippen LogP contribution in [0.2, 0.25) is 0 Å². The van der Waals surface area contributed by atoms with Gasteiger partial charge >= 0.3 is 0 Å². The minimum absolute atomic E-state index is 0.327. The van der Waals surface area contributed by atoms with Crippen LogP contribution >= 0.6 is 0 Å². The molecule has 1 saturated heterocycles. The van der Waals surface area contributed by atoms with Crippen molar-refractivity contribution >= 4 is 0 Å². The second-order valence-corrected chi connectivity index (χ2v) is 4.99. The van der Waals surface area contributed by atoms with Crippen molar-refractivity contribution in [3.8, 4) is 0 Å². The molecule has 0 amide bonds. The molecule has 0 bridgehead atoms. The molecule has 1 aliphatic heterocycles. The van der Waals surface area contributed by atoms with Gasteiger partial charge in [-0.1, -0.05) is 30.3 Å². The SMILES string of the molecule is CC(N)[C@@H]1CCN([C@H](C)c2ccccc2)C1. The Morgan fingerprint density at radius 2 is 1.94 bits per heavy atom. The van der Waals surface area contributed by atoms with Crippen LogP contribution in [0.5, 0.6) is 0 Å². The van der Waals surface area contributed by atoms with Crippen molar-refractivity contribution in [2.45, 2.75) is 32.4 Å². The van der Waals surface area contributed by atoms with Crippen LogP contribution in [-0.4, -0.2) is 24.0 Å². The van der Waals surface area contributed by atoms with Gasteiger partial charge in [-0.15, -0.1) is 0 Å². The van der Waals surface area contributed by atoms with Gasteiger partial charge in [0.15, 0.2) is 0 Å². The second kappa shape index (κ2) is 4.98. The highest BCUT2D eigenvalue weighted by molar-refractivity contribution is 5.18. The molecule has 2 rings (SSSR count). The molecule has 1 aromatic rings. The van der Waals surface area contributed by atoms with Gasteiger partial charge in [-0.3, -0.25) is 4.90 Å². The minimum Gasteiger partial charge on any atom is -0.328 e. The van der Waals surface area contributed by atoms with Gasteiger partial charge in [-0.2, -0.15) is 0 Å². The monoisotopic (exact) mass is 218 g/mol. The van der Waals surface area contributed by atoms with E-state index in [4.69, 9.17) is 5.73 Å². The van der Waals surface area contributed by atoms with Gasteiger partial charge in [-0.05, 0) is 38.3 Å². The molecule has 0 radical (unpaired) electrons. The Labute approximate surface area is 98.4 Å². The molecule has 1 heterocycles. The maximum absolute atomic E-state index is 5.97. The Bertz CT molecular complexity index is 321. The highest BCUT2D eigenvalue weighted by atomic mass is 15.2. The summed E-state index contributed by atoms with van der Waals surface area (Å²) in [7, 11) is 0. The Balaban J connectivity index is 2.00. The quantitative estimate of drug-likeness (QED) is 0.844. The fourth-order valence-corrected chi connectivity index (χ4v) is 2.54. The Hall–Kier alpha value is -0.860. The van der Waals surface area contributed by atoms with Gasteiger partial charge in [0.1, 0.15) is 0 Å². The molecule has 1 fully saturated rings. The molecule has 2 N–H and O–H groups in total. The van der Waals surface area contributed by atoms with Gasteiger partial charge in [0.25, 0.3) is 0 Å². The number of rotatable bonds is 3. The third-order valence-corrected chi connectivity index (χ3v) is 3.83. The summed E-state index contributed by atoms with van der Waals surface area (Å²) < 4.78 is 0. The summed E-state index contributed by atoms with van der Waals surface area (Å²) in [5.74, 6) is 0.672. The van der Waals surface area contributed by atoms with Gasteiger partial charge in [0.2, 0.25) is 0 Å². The largest absolute Gasteiger partial charge is 0.328 e. The standard InChI is InChI=1S/C14H22N2/c1-11(15)14-8-9-16(10-14)12(2)13-6-4-3-5-7-13/h3-7,11-12,14H,8-10,15H2,1-2H3/t11?,12-,14-/m1/s1. The summed E-state index contributed by atoms with van der Waals surface area (Å²) in [6, 6.07) is 11.6. The molecule has 2 heteroatoms. The molecule has 3 atom stereocenters. The Kier molecular flexibility index (Phi) is 3.62. The normalized spacial score (nSPS) is 25.6. The van der Waals surface area contributed by atoms with E-state index in [-0.39, 0.29) is 0 Å². The number of nitrogens with two attached hydrogens (primary N) is 1.